The fourth-order valence-corrected chi connectivity index (χ4v) is 7.72. The van der Waals surface area contributed by atoms with Crippen molar-refractivity contribution in [2.24, 2.45) is 0 Å². The summed E-state index contributed by atoms with van der Waals surface area (Å²) >= 11 is 0. The van der Waals surface area contributed by atoms with Gasteiger partial charge in [-0.05, 0) is 55.7 Å². The minimum absolute atomic E-state index is 0.198. The Morgan fingerprint density at radius 3 is 2.62 bits per heavy atom. The molecular weight excluding hydrogens is 602 g/mol. The number of fused-ring (bicyclic) bond motifs is 2. The minimum atomic E-state index is -0.391. The lowest BCUT2D eigenvalue weighted by Crippen LogP contribution is -2.56. The third-order valence-electron chi connectivity index (χ3n) is 10.4. The van der Waals surface area contributed by atoms with Gasteiger partial charge in [0.1, 0.15) is 18.0 Å². The van der Waals surface area contributed by atoms with E-state index in [1.807, 2.05) is 30.3 Å². The van der Waals surface area contributed by atoms with E-state index in [9.17, 15) is 10.1 Å². The van der Waals surface area contributed by atoms with Gasteiger partial charge in [0.15, 0.2) is 0 Å². The lowest BCUT2D eigenvalue weighted by molar-refractivity contribution is 0.0766. The molecule has 0 unspecified atom stereocenters. The second kappa shape index (κ2) is 13.0. The van der Waals surface area contributed by atoms with Gasteiger partial charge in [0.05, 0.1) is 30.8 Å². The van der Waals surface area contributed by atoms with Gasteiger partial charge in [0, 0.05) is 48.9 Å². The van der Waals surface area contributed by atoms with E-state index in [1.54, 1.807) is 4.90 Å². The maximum absolute atomic E-state index is 13.3. The van der Waals surface area contributed by atoms with Gasteiger partial charge in [-0.2, -0.15) is 15.2 Å². The fourth-order valence-electron chi connectivity index (χ4n) is 7.72. The zero-order valence-electron chi connectivity index (χ0n) is 27.2. The van der Waals surface area contributed by atoms with Crippen LogP contribution >= 0.6 is 0 Å². The highest BCUT2D eigenvalue weighted by Crippen LogP contribution is 2.46. The summed E-state index contributed by atoms with van der Waals surface area (Å²) in [6, 6.07) is 27.4. The van der Waals surface area contributed by atoms with Crippen molar-refractivity contribution >= 4 is 28.4 Å². The standard InChI is InChI=1S/C38H41N7O3/c39-19-15-29-24-44(22-23-45(29)37(46)47-26-27-8-2-1-3-9-27)35-31-16-21-43(33-13-6-11-28-10-4-5-12-30(28)33)25-32(31)41-36(42-35)48-38(17-18-38)34-14-7-20-40-34/h1-6,8-13,29,34,40H,7,14-18,20-26H2/t29-,34-/m0/s1. The summed E-state index contributed by atoms with van der Waals surface area (Å²) < 4.78 is 12.4. The lowest BCUT2D eigenvalue weighted by atomic mass is 10.0. The molecule has 1 amide bonds. The Labute approximate surface area is 281 Å². The molecule has 0 radical (unpaired) electrons. The summed E-state index contributed by atoms with van der Waals surface area (Å²) in [5.41, 5.74) is 3.98. The van der Waals surface area contributed by atoms with Crippen molar-refractivity contribution in [3.63, 3.8) is 0 Å². The molecule has 8 rings (SSSR count). The van der Waals surface area contributed by atoms with E-state index in [0.29, 0.717) is 38.2 Å². The second-order valence-corrected chi connectivity index (χ2v) is 13.4. The molecular formula is C38H41N7O3. The average Bonchev–Trinajstić information content (AvgIpc) is 3.68. The maximum atomic E-state index is 13.3. The molecule has 10 nitrogen and oxygen atoms in total. The van der Waals surface area contributed by atoms with Crippen LogP contribution in [0.3, 0.4) is 0 Å². The number of nitriles is 1. The van der Waals surface area contributed by atoms with Crippen LogP contribution in [0.4, 0.5) is 16.3 Å². The van der Waals surface area contributed by atoms with Crippen LogP contribution in [-0.4, -0.2) is 71.4 Å². The van der Waals surface area contributed by atoms with Gasteiger partial charge < -0.3 is 29.5 Å². The number of piperazine rings is 1. The number of carbonyl (C=O) groups is 1. The normalized spacial score (nSPS) is 21.4. The predicted octanol–water partition coefficient (Wildman–Crippen LogP) is 5.60. The van der Waals surface area contributed by atoms with E-state index in [-0.39, 0.29) is 24.7 Å². The molecule has 3 aromatic carbocycles. The fraction of sp³-hybridized carbons (Fsp3) is 0.421. The molecule has 3 fully saturated rings. The molecule has 0 spiro atoms. The maximum Gasteiger partial charge on any atom is 0.410 e. The summed E-state index contributed by atoms with van der Waals surface area (Å²) in [6.45, 7) is 4.20. The van der Waals surface area contributed by atoms with Crippen LogP contribution in [0, 0.1) is 11.3 Å². The molecule has 1 aromatic heterocycles. The van der Waals surface area contributed by atoms with Crippen molar-refractivity contribution in [2.75, 3.05) is 42.5 Å². The third kappa shape index (κ3) is 5.99. The van der Waals surface area contributed by atoms with Crippen LogP contribution in [0.1, 0.15) is 48.9 Å². The van der Waals surface area contributed by atoms with Gasteiger partial charge in [-0.15, -0.1) is 0 Å². The number of benzene rings is 3. The third-order valence-corrected chi connectivity index (χ3v) is 10.4. The smallest absolute Gasteiger partial charge is 0.410 e. The summed E-state index contributed by atoms with van der Waals surface area (Å²) in [5, 5.41) is 15.9. The van der Waals surface area contributed by atoms with Crippen molar-refractivity contribution in [3.05, 3.63) is 89.6 Å². The molecule has 4 aliphatic rings. The first-order chi connectivity index (χ1) is 23.6. The highest BCUT2D eigenvalue weighted by Gasteiger charge is 2.53. The molecule has 246 valence electrons. The van der Waals surface area contributed by atoms with Crippen molar-refractivity contribution in [1.29, 1.82) is 5.26 Å². The van der Waals surface area contributed by atoms with Gasteiger partial charge in [-0.25, -0.2) is 4.79 Å². The van der Waals surface area contributed by atoms with Crippen LogP contribution in [0.5, 0.6) is 6.01 Å². The molecule has 4 aromatic rings. The molecule has 2 saturated heterocycles. The van der Waals surface area contributed by atoms with E-state index in [0.717, 1.165) is 67.8 Å². The summed E-state index contributed by atoms with van der Waals surface area (Å²) in [6.07, 6.45) is 4.85. The number of nitrogens with one attached hydrogen (secondary N) is 1. The van der Waals surface area contributed by atoms with Crippen LogP contribution in [0.25, 0.3) is 10.8 Å². The SMILES string of the molecule is N#CC[C@H]1CN(c2nc(OC3([C@@H]4CCCN4)CC3)nc3c2CCN(c2cccc4ccccc24)C3)CCN1C(=O)OCc1ccccc1. The first-order valence-corrected chi connectivity index (χ1v) is 17.2. The number of nitrogens with zero attached hydrogens (tertiary/aromatic N) is 6. The van der Waals surface area contributed by atoms with Crippen LogP contribution < -0.4 is 19.9 Å². The molecule has 3 aliphatic heterocycles. The van der Waals surface area contributed by atoms with Crippen molar-refractivity contribution in [1.82, 2.24) is 20.2 Å². The first kappa shape index (κ1) is 30.5. The summed E-state index contributed by atoms with van der Waals surface area (Å²) in [4.78, 5) is 29.8. The molecule has 1 aliphatic carbocycles. The Morgan fingerprint density at radius 2 is 1.81 bits per heavy atom. The Balaban J connectivity index is 1.08. The number of ether oxygens (including phenoxy) is 2. The van der Waals surface area contributed by atoms with Crippen LogP contribution in [-0.2, 0) is 24.3 Å². The molecule has 10 heteroatoms. The van der Waals surface area contributed by atoms with E-state index < -0.39 is 6.09 Å². The Kier molecular flexibility index (Phi) is 8.22. The predicted molar refractivity (Wildman–Crippen MR) is 184 cm³/mol. The topological polar surface area (TPSA) is 107 Å². The van der Waals surface area contributed by atoms with Crippen molar-refractivity contribution in [2.45, 2.75) is 69.4 Å². The number of hydrogen-bond acceptors (Lipinski definition) is 9. The number of anilines is 2. The molecule has 0 bridgehead atoms. The van der Waals surface area contributed by atoms with E-state index >= 15 is 0 Å². The van der Waals surface area contributed by atoms with E-state index in [2.05, 4.69) is 63.7 Å². The monoisotopic (exact) mass is 643 g/mol. The van der Waals surface area contributed by atoms with Crippen LogP contribution in [0.2, 0.25) is 0 Å². The van der Waals surface area contributed by atoms with Gasteiger partial charge >= 0.3 is 12.1 Å². The Hall–Kier alpha value is -4.88. The van der Waals surface area contributed by atoms with Gasteiger partial charge in [0.25, 0.3) is 0 Å². The summed E-state index contributed by atoms with van der Waals surface area (Å²) in [5.74, 6) is 0.864. The molecule has 1 saturated carbocycles. The van der Waals surface area contributed by atoms with Gasteiger partial charge in [0.2, 0.25) is 0 Å². The Bertz CT molecular complexity index is 1830. The van der Waals surface area contributed by atoms with E-state index in [4.69, 9.17) is 19.4 Å². The molecule has 4 heterocycles. The number of carbonyl (C=O) groups excluding carboxylic acids is 1. The van der Waals surface area contributed by atoms with Crippen molar-refractivity contribution < 1.29 is 14.3 Å². The average molecular weight is 644 g/mol. The minimum Gasteiger partial charge on any atom is -0.455 e. The number of aromatic nitrogens is 2. The zero-order chi connectivity index (χ0) is 32.5. The second-order valence-electron chi connectivity index (χ2n) is 13.4. The highest BCUT2D eigenvalue weighted by atomic mass is 16.6. The molecule has 1 N–H and O–H groups in total. The largest absolute Gasteiger partial charge is 0.455 e. The van der Waals surface area contributed by atoms with Crippen LogP contribution in [0.15, 0.2) is 72.8 Å². The zero-order valence-corrected chi connectivity index (χ0v) is 27.2. The number of hydrogen-bond donors (Lipinski definition) is 1. The first-order valence-electron chi connectivity index (χ1n) is 17.2. The molecule has 48 heavy (non-hydrogen) atoms. The number of rotatable bonds is 8. The Morgan fingerprint density at radius 1 is 0.979 bits per heavy atom. The number of amides is 1. The quantitative estimate of drug-likeness (QED) is 0.263. The lowest BCUT2D eigenvalue weighted by Gasteiger charge is -2.42. The van der Waals surface area contributed by atoms with Gasteiger partial charge in [-0.3, -0.25) is 0 Å². The molecule has 2 atom stereocenters. The van der Waals surface area contributed by atoms with Gasteiger partial charge in [-0.1, -0.05) is 66.7 Å². The van der Waals surface area contributed by atoms with E-state index in [1.165, 1.54) is 16.5 Å². The summed E-state index contributed by atoms with van der Waals surface area (Å²) in [7, 11) is 0. The highest BCUT2D eigenvalue weighted by molar-refractivity contribution is 5.94. The van der Waals surface area contributed by atoms with Crippen molar-refractivity contribution in [3.8, 4) is 12.1 Å².